The second-order valence-electron chi connectivity index (χ2n) is 5.45. The van der Waals surface area contributed by atoms with Gasteiger partial charge in [-0.15, -0.1) is 0 Å². The van der Waals surface area contributed by atoms with Crippen LogP contribution < -0.4 is 4.72 Å². The highest BCUT2D eigenvalue weighted by Gasteiger charge is 2.32. The molecule has 1 atom stereocenters. The number of nitrogens with zero attached hydrogens (tertiary/aromatic N) is 1. The minimum absolute atomic E-state index is 0.0819. The van der Waals surface area contributed by atoms with Gasteiger partial charge in [0.05, 0.1) is 6.26 Å². The van der Waals surface area contributed by atoms with E-state index in [1.165, 1.54) is 12.8 Å². The molecule has 0 bridgehead atoms. The van der Waals surface area contributed by atoms with Gasteiger partial charge in [0, 0.05) is 24.3 Å². The number of hydrogen-bond acceptors (Lipinski definition) is 3. The molecule has 1 fully saturated rings. The zero-order valence-corrected chi connectivity index (χ0v) is 12.8. The van der Waals surface area contributed by atoms with Crippen molar-refractivity contribution in [1.29, 1.82) is 0 Å². The first kappa shape index (κ1) is 14.8. The maximum atomic E-state index is 12.4. The molecule has 0 radical (unpaired) electrons. The van der Waals surface area contributed by atoms with E-state index in [-0.39, 0.29) is 11.9 Å². The van der Waals surface area contributed by atoms with Crippen molar-refractivity contribution >= 4 is 21.6 Å². The van der Waals surface area contributed by atoms with Crippen LogP contribution in [0.4, 0.5) is 5.69 Å². The Bertz CT molecular complexity index is 609. The maximum absolute atomic E-state index is 12.4. The fourth-order valence-electron chi connectivity index (χ4n) is 2.21. The summed E-state index contributed by atoms with van der Waals surface area (Å²) in [6, 6.07) is 6.79. The molecule has 0 saturated heterocycles. The predicted octanol–water partition coefficient (Wildman–Crippen LogP) is 1.93. The van der Waals surface area contributed by atoms with Crippen LogP contribution in [-0.4, -0.2) is 38.6 Å². The van der Waals surface area contributed by atoms with Crippen LogP contribution in [0.3, 0.4) is 0 Å². The molecular weight excluding hydrogens is 276 g/mol. The van der Waals surface area contributed by atoms with Gasteiger partial charge in [-0.3, -0.25) is 9.52 Å². The summed E-state index contributed by atoms with van der Waals surface area (Å²) in [4.78, 5) is 14.1. The molecule has 1 saturated carbocycles. The molecule has 5 nitrogen and oxygen atoms in total. The summed E-state index contributed by atoms with van der Waals surface area (Å²) in [6.07, 6.45) is 3.44. The van der Waals surface area contributed by atoms with Crippen molar-refractivity contribution in [2.24, 2.45) is 5.92 Å². The van der Waals surface area contributed by atoms with Gasteiger partial charge in [0.1, 0.15) is 0 Å². The molecule has 1 amide bonds. The van der Waals surface area contributed by atoms with Gasteiger partial charge in [-0.25, -0.2) is 8.42 Å². The van der Waals surface area contributed by atoms with Crippen molar-refractivity contribution in [3.63, 3.8) is 0 Å². The normalized spacial score (nSPS) is 16.6. The number of benzene rings is 1. The van der Waals surface area contributed by atoms with Gasteiger partial charge >= 0.3 is 0 Å². The lowest BCUT2D eigenvalue weighted by molar-refractivity contribution is 0.0727. The molecule has 1 aromatic carbocycles. The van der Waals surface area contributed by atoms with Crippen LogP contribution in [0, 0.1) is 5.92 Å². The zero-order chi connectivity index (χ0) is 14.9. The molecule has 0 heterocycles. The first-order chi connectivity index (χ1) is 9.28. The summed E-state index contributed by atoms with van der Waals surface area (Å²) < 4.78 is 24.8. The highest BCUT2D eigenvalue weighted by Crippen LogP contribution is 2.35. The molecule has 1 N–H and O–H groups in total. The third-order valence-electron chi connectivity index (χ3n) is 3.65. The van der Waals surface area contributed by atoms with Gasteiger partial charge < -0.3 is 4.90 Å². The van der Waals surface area contributed by atoms with Crippen LogP contribution in [-0.2, 0) is 10.0 Å². The van der Waals surface area contributed by atoms with E-state index in [2.05, 4.69) is 4.72 Å². The molecule has 6 heteroatoms. The number of amides is 1. The fourth-order valence-corrected chi connectivity index (χ4v) is 2.77. The molecule has 1 aromatic rings. The maximum Gasteiger partial charge on any atom is 0.253 e. The molecule has 1 aliphatic rings. The lowest BCUT2D eigenvalue weighted by atomic mass is 10.1. The Morgan fingerprint density at radius 2 is 2.05 bits per heavy atom. The van der Waals surface area contributed by atoms with Crippen molar-refractivity contribution < 1.29 is 13.2 Å². The van der Waals surface area contributed by atoms with Gasteiger partial charge in [-0.2, -0.15) is 0 Å². The van der Waals surface area contributed by atoms with E-state index in [1.807, 2.05) is 6.92 Å². The Hall–Kier alpha value is -1.56. The molecule has 0 aromatic heterocycles. The van der Waals surface area contributed by atoms with Crippen molar-refractivity contribution in [2.75, 3.05) is 18.0 Å². The number of nitrogens with one attached hydrogen (secondary N) is 1. The van der Waals surface area contributed by atoms with Crippen LogP contribution in [0.1, 0.15) is 30.1 Å². The van der Waals surface area contributed by atoms with Crippen LogP contribution in [0.5, 0.6) is 0 Å². The summed E-state index contributed by atoms with van der Waals surface area (Å²) >= 11 is 0. The molecule has 1 aliphatic carbocycles. The van der Waals surface area contributed by atoms with Crippen molar-refractivity contribution in [1.82, 2.24) is 4.90 Å². The lowest BCUT2D eigenvalue weighted by Gasteiger charge is -2.25. The Kier molecular flexibility index (Phi) is 4.04. The average molecular weight is 296 g/mol. The van der Waals surface area contributed by atoms with Crippen molar-refractivity contribution in [3.8, 4) is 0 Å². The number of rotatable bonds is 5. The van der Waals surface area contributed by atoms with Crippen LogP contribution in [0.25, 0.3) is 0 Å². The lowest BCUT2D eigenvalue weighted by Crippen LogP contribution is -2.36. The van der Waals surface area contributed by atoms with Crippen LogP contribution in [0.2, 0.25) is 0 Å². The summed E-state index contributed by atoms with van der Waals surface area (Å²) in [6.45, 7) is 2.05. The monoisotopic (exact) mass is 296 g/mol. The highest BCUT2D eigenvalue weighted by molar-refractivity contribution is 7.92. The van der Waals surface area contributed by atoms with Gasteiger partial charge in [0.25, 0.3) is 5.91 Å². The third kappa shape index (κ3) is 3.72. The number of carbonyl (C=O) groups is 1. The Morgan fingerprint density at radius 1 is 1.40 bits per heavy atom. The highest BCUT2D eigenvalue weighted by atomic mass is 32.2. The molecule has 2 rings (SSSR count). The number of carbonyl (C=O) groups excluding carboxylic acids is 1. The van der Waals surface area contributed by atoms with Crippen molar-refractivity contribution in [2.45, 2.75) is 25.8 Å². The summed E-state index contributed by atoms with van der Waals surface area (Å²) in [5.41, 5.74) is 0.902. The van der Waals surface area contributed by atoms with Gasteiger partial charge in [-0.1, -0.05) is 6.07 Å². The minimum atomic E-state index is -3.33. The number of anilines is 1. The Morgan fingerprint density at radius 3 is 2.60 bits per heavy atom. The van der Waals surface area contributed by atoms with Crippen LogP contribution >= 0.6 is 0 Å². The molecule has 20 heavy (non-hydrogen) atoms. The quantitative estimate of drug-likeness (QED) is 0.903. The second kappa shape index (κ2) is 5.44. The van der Waals surface area contributed by atoms with E-state index in [0.717, 1.165) is 6.26 Å². The molecular formula is C14H20N2O3S. The Balaban J connectivity index is 2.15. The SMILES string of the molecule is CC(C1CC1)N(C)C(=O)c1cccc(NS(C)(=O)=O)c1. The van der Waals surface area contributed by atoms with E-state index in [0.29, 0.717) is 17.2 Å². The minimum Gasteiger partial charge on any atom is -0.339 e. The van der Waals surface area contributed by atoms with Gasteiger partial charge in [0.15, 0.2) is 0 Å². The van der Waals surface area contributed by atoms with Gasteiger partial charge in [0.2, 0.25) is 10.0 Å². The largest absolute Gasteiger partial charge is 0.339 e. The summed E-state index contributed by atoms with van der Waals surface area (Å²) in [5, 5.41) is 0. The van der Waals surface area contributed by atoms with Crippen LogP contribution in [0.15, 0.2) is 24.3 Å². The van der Waals surface area contributed by atoms with Gasteiger partial charge in [-0.05, 0) is 43.9 Å². The molecule has 0 spiro atoms. The van der Waals surface area contributed by atoms with E-state index in [9.17, 15) is 13.2 Å². The van der Waals surface area contributed by atoms with E-state index < -0.39 is 10.0 Å². The predicted molar refractivity (Wildman–Crippen MR) is 79.2 cm³/mol. The summed E-state index contributed by atoms with van der Waals surface area (Å²) in [7, 11) is -1.54. The van der Waals surface area contributed by atoms with E-state index in [4.69, 9.17) is 0 Å². The summed E-state index contributed by atoms with van der Waals surface area (Å²) in [5.74, 6) is 0.517. The van der Waals surface area contributed by atoms with E-state index in [1.54, 1.807) is 36.2 Å². The first-order valence-corrected chi connectivity index (χ1v) is 8.52. The second-order valence-corrected chi connectivity index (χ2v) is 7.20. The number of hydrogen-bond donors (Lipinski definition) is 1. The first-order valence-electron chi connectivity index (χ1n) is 6.63. The molecule has 110 valence electrons. The average Bonchev–Trinajstić information content (AvgIpc) is 3.18. The standard InChI is InChI=1S/C14H20N2O3S/c1-10(11-7-8-11)16(2)14(17)12-5-4-6-13(9-12)15-20(3,18)19/h4-6,9-11,15H,7-8H2,1-3H3. The topological polar surface area (TPSA) is 66.5 Å². The Labute approximate surface area is 120 Å². The molecule has 0 aliphatic heterocycles. The van der Waals surface area contributed by atoms with Crippen molar-refractivity contribution in [3.05, 3.63) is 29.8 Å². The fraction of sp³-hybridized carbons (Fsp3) is 0.500. The third-order valence-corrected chi connectivity index (χ3v) is 4.25. The number of sulfonamides is 1. The smallest absolute Gasteiger partial charge is 0.253 e. The van der Waals surface area contributed by atoms with E-state index >= 15 is 0 Å². The molecule has 1 unspecified atom stereocenters. The zero-order valence-electron chi connectivity index (χ0n) is 12.0.